The number of hydrogen-bond donors (Lipinski definition) is 0. The van der Waals surface area contributed by atoms with E-state index in [2.05, 4.69) is 25.2 Å². The average molecular weight is 136 g/mol. The Morgan fingerprint density at radius 2 is 2.50 bits per heavy atom. The van der Waals surface area contributed by atoms with Gasteiger partial charge in [0.05, 0.1) is 0 Å². The van der Waals surface area contributed by atoms with E-state index in [1.807, 2.05) is 0 Å². The molecule has 0 aliphatic heterocycles. The average Bonchev–Trinajstić information content (AvgIpc) is 2.03. The largest absolute Gasteiger partial charge is 0.0843 e. The van der Waals surface area contributed by atoms with Gasteiger partial charge < -0.3 is 0 Å². The Morgan fingerprint density at radius 1 is 1.60 bits per heavy atom. The zero-order valence-corrected chi connectivity index (χ0v) is 6.77. The van der Waals surface area contributed by atoms with Crippen LogP contribution in [0, 0.1) is 0 Å². The van der Waals surface area contributed by atoms with Crippen LogP contribution in [0.15, 0.2) is 23.8 Å². The van der Waals surface area contributed by atoms with Gasteiger partial charge in [0.2, 0.25) is 0 Å². The molecule has 0 bridgehead atoms. The van der Waals surface area contributed by atoms with Crippen molar-refractivity contribution in [2.45, 2.75) is 39.0 Å². The van der Waals surface area contributed by atoms with Gasteiger partial charge in [-0.3, -0.25) is 0 Å². The van der Waals surface area contributed by atoms with Crippen LogP contribution in [0.1, 0.15) is 39.0 Å². The Hall–Kier alpha value is -0.520. The zero-order valence-electron chi connectivity index (χ0n) is 6.77. The summed E-state index contributed by atoms with van der Waals surface area (Å²) >= 11 is 0. The number of unbranched alkanes of at least 4 members (excludes halogenated alkanes) is 1. The van der Waals surface area contributed by atoms with Gasteiger partial charge in [-0.05, 0) is 25.7 Å². The monoisotopic (exact) mass is 136 g/mol. The highest BCUT2D eigenvalue weighted by Crippen LogP contribution is 2.16. The summed E-state index contributed by atoms with van der Waals surface area (Å²) in [6.07, 6.45) is 13.4. The van der Waals surface area contributed by atoms with E-state index in [0.717, 1.165) is 0 Å². The highest BCUT2D eigenvalue weighted by molar-refractivity contribution is 5.20. The van der Waals surface area contributed by atoms with E-state index in [4.69, 9.17) is 0 Å². The fourth-order valence-corrected chi connectivity index (χ4v) is 1.24. The fraction of sp³-hybridized carbons (Fsp3) is 0.600. The van der Waals surface area contributed by atoms with E-state index in [0.29, 0.717) is 0 Å². The molecule has 0 heteroatoms. The predicted octanol–water partition coefficient (Wildman–Crippen LogP) is 3.45. The van der Waals surface area contributed by atoms with Gasteiger partial charge in [-0.1, -0.05) is 37.1 Å². The first kappa shape index (κ1) is 7.59. The molecule has 0 nitrogen and oxygen atoms in total. The Balaban J connectivity index is 2.38. The van der Waals surface area contributed by atoms with Crippen LogP contribution in [0.5, 0.6) is 0 Å². The molecule has 1 rings (SSSR count). The minimum atomic E-state index is 1.25. The standard InChI is InChI=1S/C10H16/c1-2-3-7-10-8-5-4-6-9-10/h5,7-8H,2-4,6,9H2,1H3. The highest BCUT2D eigenvalue weighted by atomic mass is 14.0. The summed E-state index contributed by atoms with van der Waals surface area (Å²) in [5.41, 5.74) is 1.55. The second-order valence-electron chi connectivity index (χ2n) is 2.86. The molecular formula is C10H16. The molecule has 0 aromatic carbocycles. The van der Waals surface area contributed by atoms with Gasteiger partial charge in [-0.2, -0.15) is 0 Å². The van der Waals surface area contributed by atoms with E-state index in [-0.39, 0.29) is 0 Å². The molecule has 0 aromatic heterocycles. The minimum Gasteiger partial charge on any atom is -0.0843 e. The summed E-state index contributed by atoms with van der Waals surface area (Å²) in [6.45, 7) is 2.23. The zero-order chi connectivity index (χ0) is 7.23. The van der Waals surface area contributed by atoms with Crippen LogP contribution in [0.25, 0.3) is 0 Å². The molecule has 0 unspecified atom stereocenters. The summed E-state index contributed by atoms with van der Waals surface area (Å²) in [5, 5.41) is 0. The third kappa shape index (κ3) is 2.38. The molecule has 56 valence electrons. The van der Waals surface area contributed by atoms with Crippen molar-refractivity contribution in [3.63, 3.8) is 0 Å². The maximum absolute atomic E-state index is 2.37. The first-order valence-corrected chi connectivity index (χ1v) is 4.29. The molecule has 0 radical (unpaired) electrons. The van der Waals surface area contributed by atoms with Crippen molar-refractivity contribution >= 4 is 0 Å². The molecule has 0 N–H and O–H groups in total. The van der Waals surface area contributed by atoms with Gasteiger partial charge >= 0.3 is 0 Å². The van der Waals surface area contributed by atoms with Crippen molar-refractivity contribution in [3.8, 4) is 0 Å². The van der Waals surface area contributed by atoms with Crippen molar-refractivity contribution in [1.29, 1.82) is 0 Å². The van der Waals surface area contributed by atoms with Crippen LogP contribution in [0.2, 0.25) is 0 Å². The maximum atomic E-state index is 2.37. The molecule has 0 heterocycles. The van der Waals surface area contributed by atoms with Crippen LogP contribution in [-0.4, -0.2) is 0 Å². The van der Waals surface area contributed by atoms with E-state index in [1.54, 1.807) is 5.57 Å². The molecule has 1 aliphatic carbocycles. The molecular weight excluding hydrogens is 120 g/mol. The van der Waals surface area contributed by atoms with Crippen LogP contribution < -0.4 is 0 Å². The number of rotatable bonds is 2. The second-order valence-corrected chi connectivity index (χ2v) is 2.86. The van der Waals surface area contributed by atoms with E-state index >= 15 is 0 Å². The lowest BCUT2D eigenvalue weighted by atomic mass is 10.0. The van der Waals surface area contributed by atoms with Crippen molar-refractivity contribution in [2.24, 2.45) is 0 Å². The summed E-state index contributed by atoms with van der Waals surface area (Å²) in [5.74, 6) is 0. The van der Waals surface area contributed by atoms with Gasteiger partial charge in [0.1, 0.15) is 0 Å². The Labute approximate surface area is 63.6 Å². The highest BCUT2D eigenvalue weighted by Gasteiger charge is 1.96. The number of allylic oxidation sites excluding steroid dienone is 4. The van der Waals surface area contributed by atoms with Gasteiger partial charge in [0, 0.05) is 0 Å². The van der Waals surface area contributed by atoms with Crippen molar-refractivity contribution in [3.05, 3.63) is 23.8 Å². The van der Waals surface area contributed by atoms with E-state index in [9.17, 15) is 0 Å². The van der Waals surface area contributed by atoms with Gasteiger partial charge in [-0.25, -0.2) is 0 Å². The number of hydrogen-bond acceptors (Lipinski definition) is 0. The van der Waals surface area contributed by atoms with Gasteiger partial charge in [0.25, 0.3) is 0 Å². The lowest BCUT2D eigenvalue weighted by Gasteiger charge is -2.05. The normalized spacial score (nSPS) is 21.9. The van der Waals surface area contributed by atoms with Crippen LogP contribution in [0.3, 0.4) is 0 Å². The lowest BCUT2D eigenvalue weighted by Crippen LogP contribution is -1.85. The molecule has 0 fully saturated rings. The Bertz CT molecular complexity index is 140. The lowest BCUT2D eigenvalue weighted by molar-refractivity contribution is 0.811. The third-order valence-corrected chi connectivity index (χ3v) is 1.86. The SMILES string of the molecule is CCCC=C1C=CCCC1. The molecule has 1 aliphatic rings. The predicted molar refractivity (Wildman–Crippen MR) is 46.0 cm³/mol. The van der Waals surface area contributed by atoms with Crippen molar-refractivity contribution in [1.82, 2.24) is 0 Å². The molecule has 0 aromatic rings. The smallest absolute Gasteiger partial charge is 0.0279 e. The quantitative estimate of drug-likeness (QED) is 0.545. The first-order chi connectivity index (χ1) is 4.93. The van der Waals surface area contributed by atoms with Gasteiger partial charge in [0.15, 0.2) is 0 Å². The molecule has 10 heavy (non-hydrogen) atoms. The van der Waals surface area contributed by atoms with Crippen LogP contribution in [0.4, 0.5) is 0 Å². The molecule has 0 saturated carbocycles. The summed E-state index contributed by atoms with van der Waals surface area (Å²) in [7, 11) is 0. The molecule has 0 saturated heterocycles. The molecule has 0 spiro atoms. The van der Waals surface area contributed by atoms with Gasteiger partial charge in [-0.15, -0.1) is 0 Å². The Morgan fingerprint density at radius 3 is 3.10 bits per heavy atom. The Kier molecular flexibility index (Phi) is 3.28. The van der Waals surface area contributed by atoms with Crippen molar-refractivity contribution < 1.29 is 0 Å². The second kappa shape index (κ2) is 4.32. The maximum Gasteiger partial charge on any atom is -0.0279 e. The topological polar surface area (TPSA) is 0 Å². The fourth-order valence-electron chi connectivity index (χ4n) is 1.24. The molecule has 0 atom stereocenters. The third-order valence-electron chi connectivity index (χ3n) is 1.86. The van der Waals surface area contributed by atoms with E-state index < -0.39 is 0 Å². The summed E-state index contributed by atoms with van der Waals surface area (Å²) in [6, 6.07) is 0. The van der Waals surface area contributed by atoms with Crippen molar-refractivity contribution in [2.75, 3.05) is 0 Å². The van der Waals surface area contributed by atoms with E-state index in [1.165, 1.54) is 32.1 Å². The summed E-state index contributed by atoms with van der Waals surface area (Å²) < 4.78 is 0. The van der Waals surface area contributed by atoms with Crippen LogP contribution >= 0.6 is 0 Å². The summed E-state index contributed by atoms with van der Waals surface area (Å²) in [4.78, 5) is 0. The first-order valence-electron chi connectivity index (χ1n) is 4.29. The van der Waals surface area contributed by atoms with Crippen LogP contribution in [-0.2, 0) is 0 Å². The minimum absolute atomic E-state index is 1.25. The molecule has 0 amide bonds.